The first-order chi connectivity index (χ1) is 10.9. The molecule has 0 aromatic heterocycles. The summed E-state index contributed by atoms with van der Waals surface area (Å²) in [4.78, 5) is 23.1. The van der Waals surface area contributed by atoms with Crippen molar-refractivity contribution in [2.45, 2.75) is 20.8 Å². The summed E-state index contributed by atoms with van der Waals surface area (Å²) >= 11 is 5.82. The fraction of sp³-hybridized carbons (Fsp3) is 0.222. The van der Waals surface area contributed by atoms with E-state index in [9.17, 15) is 9.59 Å². The lowest BCUT2D eigenvalue weighted by atomic mass is 10.1. The summed E-state index contributed by atoms with van der Waals surface area (Å²) in [5, 5.41) is 3.29. The summed E-state index contributed by atoms with van der Waals surface area (Å²) in [7, 11) is 0. The molecule has 0 saturated carbocycles. The highest BCUT2D eigenvalue weighted by Gasteiger charge is 2.10. The van der Waals surface area contributed by atoms with E-state index in [0.717, 1.165) is 22.4 Å². The van der Waals surface area contributed by atoms with Crippen LogP contribution >= 0.6 is 11.6 Å². The van der Waals surface area contributed by atoms with Gasteiger partial charge in [-0.2, -0.15) is 0 Å². The summed E-state index contributed by atoms with van der Waals surface area (Å²) < 4.78 is 5.42. The van der Waals surface area contributed by atoms with Crippen LogP contribution in [0.4, 0.5) is 5.69 Å². The third-order valence-electron chi connectivity index (χ3n) is 3.40. The quantitative estimate of drug-likeness (QED) is 0.839. The van der Waals surface area contributed by atoms with Crippen molar-refractivity contribution in [3.63, 3.8) is 0 Å². The topological polar surface area (TPSA) is 55.4 Å². The monoisotopic (exact) mass is 331 g/mol. The van der Waals surface area contributed by atoms with Crippen LogP contribution in [0.2, 0.25) is 5.02 Å². The lowest BCUT2D eigenvalue weighted by molar-refractivity contribution is -0.118. The lowest BCUT2D eigenvalue weighted by Crippen LogP contribution is -2.21. The van der Waals surface area contributed by atoms with Crippen LogP contribution < -0.4 is 10.1 Å². The van der Waals surface area contributed by atoms with E-state index in [1.165, 1.54) is 6.07 Å². The second-order valence-corrected chi connectivity index (χ2v) is 5.85. The van der Waals surface area contributed by atoms with Crippen molar-refractivity contribution in [1.82, 2.24) is 0 Å². The van der Waals surface area contributed by atoms with Gasteiger partial charge in [0, 0.05) is 10.7 Å². The molecular weight excluding hydrogens is 314 g/mol. The molecular formula is C18H18ClNO3. The minimum Gasteiger partial charge on any atom is -0.483 e. The number of ether oxygens (including phenoxy) is 1. The molecule has 1 amide bonds. The highest BCUT2D eigenvalue weighted by atomic mass is 35.5. The molecule has 0 fully saturated rings. The van der Waals surface area contributed by atoms with Gasteiger partial charge >= 0.3 is 0 Å². The predicted octanol–water partition coefficient (Wildman–Crippen LogP) is 4.10. The van der Waals surface area contributed by atoms with Crippen LogP contribution in [0.25, 0.3) is 0 Å². The van der Waals surface area contributed by atoms with Crippen LogP contribution in [0.1, 0.15) is 27.0 Å². The number of benzene rings is 2. The van der Waals surface area contributed by atoms with Gasteiger partial charge in [0.25, 0.3) is 5.91 Å². The van der Waals surface area contributed by atoms with E-state index in [2.05, 4.69) is 5.32 Å². The van der Waals surface area contributed by atoms with Crippen LogP contribution in [-0.2, 0) is 4.79 Å². The Bertz CT molecular complexity index is 733. The second kappa shape index (κ2) is 7.29. The molecule has 5 heteroatoms. The Morgan fingerprint density at radius 3 is 2.43 bits per heavy atom. The van der Waals surface area contributed by atoms with E-state index in [1.54, 1.807) is 12.1 Å². The maximum Gasteiger partial charge on any atom is 0.262 e. The fourth-order valence-electron chi connectivity index (χ4n) is 2.44. The van der Waals surface area contributed by atoms with Gasteiger partial charge in [0.05, 0.1) is 5.56 Å². The van der Waals surface area contributed by atoms with Crippen molar-refractivity contribution in [2.75, 3.05) is 11.9 Å². The Morgan fingerprint density at radius 2 is 1.83 bits per heavy atom. The first kappa shape index (κ1) is 17.0. The third kappa shape index (κ3) is 4.33. The van der Waals surface area contributed by atoms with E-state index in [4.69, 9.17) is 16.3 Å². The molecule has 2 aromatic rings. The second-order valence-electron chi connectivity index (χ2n) is 5.41. The highest BCUT2D eigenvalue weighted by Crippen LogP contribution is 2.23. The summed E-state index contributed by atoms with van der Waals surface area (Å²) in [5.74, 6) is 0.0451. The van der Waals surface area contributed by atoms with Crippen molar-refractivity contribution in [3.8, 4) is 5.75 Å². The largest absolute Gasteiger partial charge is 0.483 e. The van der Waals surface area contributed by atoms with Crippen LogP contribution in [0, 0.1) is 20.8 Å². The molecule has 0 saturated heterocycles. The standard InChI is InChI=1S/C18H18ClNO3/c1-11-6-12(2)18(13(3)7-11)20-17(22)10-23-16-5-4-15(19)8-14(16)9-21/h4-9H,10H2,1-3H3,(H,20,22). The predicted molar refractivity (Wildman–Crippen MR) is 91.6 cm³/mol. The Labute approximate surface area is 140 Å². The van der Waals surface area contributed by atoms with Gasteiger partial charge in [0.1, 0.15) is 5.75 Å². The number of carbonyl (C=O) groups excluding carboxylic acids is 2. The SMILES string of the molecule is Cc1cc(C)c(NC(=O)COc2ccc(Cl)cc2C=O)c(C)c1. The first-order valence-corrected chi connectivity index (χ1v) is 7.53. The maximum atomic E-state index is 12.1. The molecule has 0 atom stereocenters. The normalized spacial score (nSPS) is 10.3. The average Bonchev–Trinajstić information content (AvgIpc) is 2.49. The van der Waals surface area contributed by atoms with Crippen LogP contribution in [0.3, 0.4) is 0 Å². The maximum absolute atomic E-state index is 12.1. The minimum absolute atomic E-state index is 0.185. The molecule has 1 N–H and O–H groups in total. The number of hydrogen-bond donors (Lipinski definition) is 1. The number of hydrogen-bond acceptors (Lipinski definition) is 3. The van der Waals surface area contributed by atoms with Gasteiger partial charge in [-0.1, -0.05) is 29.3 Å². The molecule has 0 unspecified atom stereocenters. The molecule has 0 aliphatic rings. The molecule has 2 aromatic carbocycles. The molecule has 4 nitrogen and oxygen atoms in total. The van der Waals surface area contributed by atoms with Crippen molar-refractivity contribution >= 4 is 29.5 Å². The number of aldehydes is 1. The van der Waals surface area contributed by atoms with E-state index in [-0.39, 0.29) is 12.5 Å². The zero-order valence-electron chi connectivity index (χ0n) is 13.3. The van der Waals surface area contributed by atoms with Crippen LogP contribution in [0.5, 0.6) is 5.75 Å². The summed E-state index contributed by atoms with van der Waals surface area (Å²) in [6.45, 7) is 5.71. The van der Waals surface area contributed by atoms with Gasteiger partial charge in [0.15, 0.2) is 12.9 Å². The van der Waals surface area contributed by atoms with Crippen LogP contribution in [-0.4, -0.2) is 18.8 Å². The van der Waals surface area contributed by atoms with Gasteiger partial charge in [-0.25, -0.2) is 0 Å². The van der Waals surface area contributed by atoms with Gasteiger partial charge in [-0.05, 0) is 50.1 Å². The minimum atomic E-state index is -0.285. The molecule has 0 spiro atoms. The Hall–Kier alpha value is -2.33. The number of nitrogens with one attached hydrogen (secondary N) is 1. The van der Waals surface area contributed by atoms with Gasteiger partial charge in [-0.15, -0.1) is 0 Å². The molecule has 0 heterocycles. The number of halogens is 1. The van der Waals surface area contributed by atoms with E-state index >= 15 is 0 Å². The van der Waals surface area contributed by atoms with Crippen molar-refractivity contribution in [3.05, 3.63) is 57.6 Å². The molecule has 120 valence electrons. The summed E-state index contributed by atoms with van der Waals surface area (Å²) in [5.41, 5.74) is 4.24. The summed E-state index contributed by atoms with van der Waals surface area (Å²) in [6, 6.07) is 8.69. The number of rotatable bonds is 5. The smallest absolute Gasteiger partial charge is 0.262 e. The Kier molecular flexibility index (Phi) is 5.40. The third-order valence-corrected chi connectivity index (χ3v) is 3.63. The first-order valence-electron chi connectivity index (χ1n) is 7.16. The fourth-order valence-corrected chi connectivity index (χ4v) is 2.62. The van der Waals surface area contributed by atoms with E-state index < -0.39 is 0 Å². The summed E-state index contributed by atoms with van der Waals surface area (Å²) in [6.07, 6.45) is 0.646. The van der Waals surface area contributed by atoms with Gasteiger partial charge in [0.2, 0.25) is 0 Å². The van der Waals surface area contributed by atoms with Crippen molar-refractivity contribution < 1.29 is 14.3 Å². The van der Waals surface area contributed by atoms with Crippen LogP contribution in [0.15, 0.2) is 30.3 Å². The molecule has 2 rings (SSSR count). The number of aryl methyl sites for hydroxylation is 3. The average molecular weight is 332 g/mol. The number of amides is 1. The Balaban J connectivity index is 2.05. The molecule has 0 bridgehead atoms. The van der Waals surface area contributed by atoms with Crippen molar-refractivity contribution in [1.29, 1.82) is 0 Å². The van der Waals surface area contributed by atoms with E-state index in [0.29, 0.717) is 22.6 Å². The number of carbonyl (C=O) groups is 2. The lowest BCUT2D eigenvalue weighted by Gasteiger charge is -2.13. The van der Waals surface area contributed by atoms with Gasteiger partial charge < -0.3 is 10.1 Å². The molecule has 0 aliphatic heterocycles. The van der Waals surface area contributed by atoms with Gasteiger partial charge in [-0.3, -0.25) is 9.59 Å². The van der Waals surface area contributed by atoms with Crippen molar-refractivity contribution in [2.24, 2.45) is 0 Å². The zero-order valence-corrected chi connectivity index (χ0v) is 14.0. The molecule has 0 aliphatic carbocycles. The highest BCUT2D eigenvalue weighted by molar-refractivity contribution is 6.30. The molecule has 0 radical (unpaired) electrons. The Morgan fingerprint density at radius 1 is 1.17 bits per heavy atom. The molecule has 23 heavy (non-hydrogen) atoms. The van der Waals surface area contributed by atoms with E-state index in [1.807, 2.05) is 32.9 Å². The zero-order chi connectivity index (χ0) is 17.0. The number of anilines is 1.